The molecule has 0 aromatic heterocycles. The summed E-state index contributed by atoms with van der Waals surface area (Å²) in [6.07, 6.45) is 8.31. The fourth-order valence-corrected chi connectivity index (χ4v) is 3.33. The molecule has 0 aliphatic carbocycles. The van der Waals surface area contributed by atoms with Crippen molar-refractivity contribution in [2.45, 2.75) is 92.4 Å². The summed E-state index contributed by atoms with van der Waals surface area (Å²) in [5.41, 5.74) is 1.61. The molecule has 0 unspecified atom stereocenters. The largest absolute Gasteiger partial charge is 0.508 e. The summed E-state index contributed by atoms with van der Waals surface area (Å²) in [6, 6.07) is 3.19. The maximum Gasteiger partial charge on any atom is 0.309 e. The van der Waals surface area contributed by atoms with Crippen molar-refractivity contribution in [3.63, 3.8) is 0 Å². The van der Waals surface area contributed by atoms with Gasteiger partial charge in [-0.05, 0) is 75.0 Å². The average Bonchev–Trinajstić information content (AvgIpc) is 2.51. The van der Waals surface area contributed by atoms with Crippen molar-refractivity contribution in [2.75, 3.05) is 0 Å². The average molecular weight is 379 g/mol. The smallest absolute Gasteiger partial charge is 0.309 e. The van der Waals surface area contributed by atoms with Gasteiger partial charge in [0, 0.05) is 6.07 Å². The van der Waals surface area contributed by atoms with E-state index >= 15 is 0 Å². The first-order valence-electron chi connectivity index (χ1n) is 10.2. The predicted molar refractivity (Wildman–Crippen MR) is 110 cm³/mol. The third-order valence-corrected chi connectivity index (χ3v) is 5.23. The van der Waals surface area contributed by atoms with Crippen LogP contribution in [0.2, 0.25) is 0 Å². The summed E-state index contributed by atoms with van der Waals surface area (Å²) in [5, 5.41) is 29.3. The van der Waals surface area contributed by atoms with E-state index in [1.165, 1.54) is 6.07 Å². The third kappa shape index (κ3) is 8.68. The Kier molecular flexibility index (Phi) is 8.64. The Hall–Kier alpha value is -1.71. The number of carboxylic acids is 1. The molecule has 0 saturated carbocycles. The lowest BCUT2D eigenvalue weighted by Gasteiger charge is -2.19. The molecule has 3 N–H and O–H groups in total. The lowest BCUT2D eigenvalue weighted by atomic mass is 9.86. The van der Waals surface area contributed by atoms with Crippen LogP contribution in [0, 0.1) is 10.8 Å². The van der Waals surface area contributed by atoms with Gasteiger partial charge in [0.1, 0.15) is 11.5 Å². The van der Waals surface area contributed by atoms with E-state index in [2.05, 4.69) is 20.8 Å². The lowest BCUT2D eigenvalue weighted by Crippen LogP contribution is -2.23. The Morgan fingerprint density at radius 3 is 2.04 bits per heavy atom. The summed E-state index contributed by atoms with van der Waals surface area (Å²) in [7, 11) is 0. The molecule has 0 saturated heterocycles. The molecule has 4 heteroatoms. The summed E-state index contributed by atoms with van der Waals surface area (Å²) in [6.45, 7) is 10.2. The van der Waals surface area contributed by atoms with Crippen LogP contribution in [-0.4, -0.2) is 21.3 Å². The molecule has 1 rings (SSSR count). The molecular formula is C23H38O4. The molecule has 0 fully saturated rings. The molecule has 0 aliphatic rings. The van der Waals surface area contributed by atoms with E-state index in [1.54, 1.807) is 19.9 Å². The quantitative estimate of drug-likeness (QED) is 0.408. The summed E-state index contributed by atoms with van der Waals surface area (Å²) < 4.78 is 0. The molecule has 0 heterocycles. The highest BCUT2D eigenvalue weighted by Gasteiger charge is 2.26. The second-order valence-corrected chi connectivity index (χ2v) is 9.62. The molecule has 0 bridgehead atoms. The van der Waals surface area contributed by atoms with Crippen LogP contribution >= 0.6 is 0 Å². The van der Waals surface area contributed by atoms with Crippen LogP contribution < -0.4 is 0 Å². The van der Waals surface area contributed by atoms with E-state index in [0.717, 1.165) is 62.5 Å². The molecule has 0 atom stereocenters. The van der Waals surface area contributed by atoms with E-state index in [-0.39, 0.29) is 11.5 Å². The first kappa shape index (κ1) is 23.3. The van der Waals surface area contributed by atoms with Crippen LogP contribution in [-0.2, 0) is 17.6 Å². The van der Waals surface area contributed by atoms with Gasteiger partial charge in [-0.3, -0.25) is 4.79 Å². The number of aryl methyl sites for hydroxylation is 1. The van der Waals surface area contributed by atoms with Gasteiger partial charge in [-0.25, -0.2) is 0 Å². The maximum atomic E-state index is 11.2. The summed E-state index contributed by atoms with van der Waals surface area (Å²) >= 11 is 0. The number of unbranched alkanes of at least 4 members (excludes halogenated alkanes) is 3. The van der Waals surface area contributed by atoms with Crippen LogP contribution in [0.25, 0.3) is 0 Å². The number of aliphatic carboxylic acids is 1. The minimum absolute atomic E-state index is 0.105. The van der Waals surface area contributed by atoms with Crippen LogP contribution in [0.15, 0.2) is 12.1 Å². The van der Waals surface area contributed by atoms with Gasteiger partial charge in [-0.15, -0.1) is 0 Å². The van der Waals surface area contributed by atoms with Crippen molar-refractivity contribution in [1.82, 2.24) is 0 Å². The Labute approximate surface area is 164 Å². The van der Waals surface area contributed by atoms with Crippen LogP contribution in [0.3, 0.4) is 0 Å². The molecule has 4 nitrogen and oxygen atoms in total. The number of hydrogen-bond acceptors (Lipinski definition) is 3. The van der Waals surface area contributed by atoms with Gasteiger partial charge < -0.3 is 15.3 Å². The van der Waals surface area contributed by atoms with Crippen molar-refractivity contribution in [2.24, 2.45) is 10.8 Å². The number of phenolic OH excluding ortho intramolecular Hbond substituents is 2. The van der Waals surface area contributed by atoms with Gasteiger partial charge >= 0.3 is 5.97 Å². The van der Waals surface area contributed by atoms with Crippen molar-refractivity contribution < 1.29 is 20.1 Å². The number of carbonyl (C=O) groups is 1. The summed E-state index contributed by atoms with van der Waals surface area (Å²) in [4.78, 5) is 11.2. The second-order valence-electron chi connectivity index (χ2n) is 9.62. The first-order valence-corrected chi connectivity index (χ1v) is 10.2. The van der Waals surface area contributed by atoms with E-state index in [1.807, 2.05) is 0 Å². The zero-order valence-corrected chi connectivity index (χ0v) is 17.8. The van der Waals surface area contributed by atoms with Gasteiger partial charge in [-0.1, -0.05) is 40.0 Å². The second kappa shape index (κ2) is 10.0. The monoisotopic (exact) mass is 378 g/mol. The highest BCUT2D eigenvalue weighted by atomic mass is 16.4. The third-order valence-electron chi connectivity index (χ3n) is 5.23. The summed E-state index contributed by atoms with van der Waals surface area (Å²) in [5.74, 6) is -0.460. The SMILES string of the molecule is CC(C)(C)CCCCc1c(O)cc(O)cc1CCCCCC(C)(C)C(=O)O. The van der Waals surface area contributed by atoms with Crippen molar-refractivity contribution in [1.29, 1.82) is 0 Å². The van der Waals surface area contributed by atoms with Crippen LogP contribution in [0.4, 0.5) is 0 Å². The highest BCUT2D eigenvalue weighted by molar-refractivity contribution is 5.73. The molecule has 154 valence electrons. The molecule has 0 amide bonds. The van der Waals surface area contributed by atoms with Gasteiger partial charge in [-0.2, -0.15) is 0 Å². The van der Waals surface area contributed by atoms with Gasteiger partial charge in [0.2, 0.25) is 0 Å². The van der Waals surface area contributed by atoms with Crippen molar-refractivity contribution in [3.05, 3.63) is 23.3 Å². The van der Waals surface area contributed by atoms with Gasteiger partial charge in [0.05, 0.1) is 5.41 Å². The number of phenols is 2. The van der Waals surface area contributed by atoms with E-state index < -0.39 is 11.4 Å². The number of rotatable bonds is 11. The number of benzene rings is 1. The molecule has 0 aliphatic heterocycles. The zero-order valence-electron chi connectivity index (χ0n) is 17.8. The fraction of sp³-hybridized carbons (Fsp3) is 0.696. The Morgan fingerprint density at radius 1 is 0.852 bits per heavy atom. The lowest BCUT2D eigenvalue weighted by molar-refractivity contribution is -0.147. The number of carboxylic acid groups (broad SMARTS) is 1. The van der Waals surface area contributed by atoms with E-state index in [4.69, 9.17) is 0 Å². The standard InChI is InChI=1S/C23H38O4/c1-22(2,3)13-10-8-12-19-17(15-18(24)16-20(19)25)11-7-6-9-14-23(4,5)21(26)27/h15-16,24-25H,6-14H2,1-5H3,(H,26,27). The topological polar surface area (TPSA) is 77.8 Å². The Balaban J connectivity index is 2.57. The molecular weight excluding hydrogens is 340 g/mol. The molecule has 1 aromatic rings. The molecule has 27 heavy (non-hydrogen) atoms. The van der Waals surface area contributed by atoms with Crippen molar-refractivity contribution >= 4 is 5.97 Å². The number of aromatic hydroxyl groups is 2. The Bertz CT molecular complexity index is 612. The van der Waals surface area contributed by atoms with Gasteiger partial charge in [0.25, 0.3) is 0 Å². The predicted octanol–water partition coefficient (Wildman–Crippen LogP) is 6.07. The fourth-order valence-electron chi connectivity index (χ4n) is 3.33. The van der Waals surface area contributed by atoms with Crippen LogP contribution in [0.1, 0.15) is 90.7 Å². The minimum Gasteiger partial charge on any atom is -0.508 e. The zero-order chi connectivity index (χ0) is 20.7. The first-order chi connectivity index (χ1) is 12.4. The van der Waals surface area contributed by atoms with Crippen molar-refractivity contribution in [3.8, 4) is 11.5 Å². The van der Waals surface area contributed by atoms with Crippen LogP contribution in [0.5, 0.6) is 11.5 Å². The highest BCUT2D eigenvalue weighted by Crippen LogP contribution is 2.31. The van der Waals surface area contributed by atoms with E-state index in [0.29, 0.717) is 11.8 Å². The maximum absolute atomic E-state index is 11.2. The molecule has 0 spiro atoms. The van der Waals surface area contributed by atoms with E-state index in [9.17, 15) is 20.1 Å². The number of hydrogen-bond donors (Lipinski definition) is 3. The minimum atomic E-state index is -0.752. The molecule has 1 aromatic carbocycles. The molecule has 0 radical (unpaired) electrons. The van der Waals surface area contributed by atoms with Gasteiger partial charge in [0.15, 0.2) is 0 Å². The normalized spacial score (nSPS) is 12.3. The Morgan fingerprint density at radius 2 is 1.44 bits per heavy atom.